The van der Waals surface area contributed by atoms with Crippen LogP contribution in [-0.4, -0.2) is 22.4 Å². The molecular formula is C15H20N2O2. The van der Waals surface area contributed by atoms with Crippen LogP contribution >= 0.6 is 0 Å². The van der Waals surface area contributed by atoms with Crippen LogP contribution in [0.4, 0.5) is 0 Å². The van der Waals surface area contributed by atoms with E-state index in [1.165, 1.54) is 10.6 Å². The zero-order chi connectivity index (χ0) is 13.9. The minimum atomic E-state index is -0.416. The number of rotatable bonds is 4. The molecular weight excluding hydrogens is 240 g/mol. The van der Waals surface area contributed by atoms with Crippen LogP contribution < -0.4 is 5.43 Å². The molecule has 1 aromatic rings. The fourth-order valence-electron chi connectivity index (χ4n) is 2.39. The van der Waals surface area contributed by atoms with Gasteiger partial charge in [0.15, 0.2) is 0 Å². The average Bonchev–Trinajstić information content (AvgIpc) is 2.64. The van der Waals surface area contributed by atoms with Crippen molar-refractivity contribution >= 4 is 11.8 Å². The van der Waals surface area contributed by atoms with Crippen molar-refractivity contribution in [1.29, 1.82) is 0 Å². The fraction of sp³-hybridized carbons (Fsp3) is 0.467. The number of hydrogen-bond acceptors (Lipinski definition) is 2. The number of hydrogen-bond donors (Lipinski definition) is 1. The van der Waals surface area contributed by atoms with Gasteiger partial charge in [-0.05, 0) is 32.3 Å². The smallest absolute Gasteiger partial charge is 0.241 e. The quantitative estimate of drug-likeness (QED) is 0.900. The Morgan fingerprint density at radius 2 is 2.00 bits per heavy atom. The Bertz CT molecular complexity index is 468. The minimum absolute atomic E-state index is 0.00761. The van der Waals surface area contributed by atoms with E-state index in [2.05, 4.69) is 17.6 Å². The average molecular weight is 260 g/mol. The molecule has 1 aromatic carbocycles. The van der Waals surface area contributed by atoms with Crippen molar-refractivity contribution in [3.63, 3.8) is 0 Å². The highest BCUT2D eigenvalue weighted by Gasteiger charge is 2.39. The van der Waals surface area contributed by atoms with E-state index >= 15 is 0 Å². The molecule has 2 amide bonds. The van der Waals surface area contributed by atoms with Gasteiger partial charge in [-0.25, -0.2) is 5.01 Å². The molecule has 4 nitrogen and oxygen atoms in total. The number of benzene rings is 1. The second kappa shape index (κ2) is 5.43. The van der Waals surface area contributed by atoms with Crippen LogP contribution in [0, 0.1) is 0 Å². The van der Waals surface area contributed by atoms with E-state index in [-0.39, 0.29) is 11.8 Å². The second-order valence-corrected chi connectivity index (χ2v) is 5.59. The highest BCUT2D eigenvalue weighted by atomic mass is 16.2. The maximum atomic E-state index is 12.1. The van der Waals surface area contributed by atoms with E-state index < -0.39 is 5.54 Å². The SMILES string of the molecule is CC1(C)CC(=O)NN1C(=O)CCCc1ccccc1. The number of carbonyl (C=O) groups is 2. The lowest BCUT2D eigenvalue weighted by Crippen LogP contribution is -2.48. The monoisotopic (exact) mass is 260 g/mol. The van der Waals surface area contributed by atoms with Gasteiger partial charge in [0.05, 0.1) is 12.0 Å². The summed E-state index contributed by atoms with van der Waals surface area (Å²) in [5.41, 5.74) is 3.46. The van der Waals surface area contributed by atoms with Crippen LogP contribution in [-0.2, 0) is 16.0 Å². The zero-order valence-electron chi connectivity index (χ0n) is 11.5. The first-order chi connectivity index (χ1) is 8.99. The molecule has 0 spiro atoms. The van der Waals surface area contributed by atoms with E-state index in [0.717, 1.165) is 12.8 Å². The summed E-state index contributed by atoms with van der Waals surface area (Å²) in [6, 6.07) is 10.1. The van der Waals surface area contributed by atoms with Crippen molar-refractivity contribution in [1.82, 2.24) is 10.4 Å². The summed E-state index contributed by atoms with van der Waals surface area (Å²) in [7, 11) is 0. The lowest BCUT2D eigenvalue weighted by atomic mass is 10.0. The first-order valence-electron chi connectivity index (χ1n) is 6.65. The van der Waals surface area contributed by atoms with Gasteiger partial charge in [-0.15, -0.1) is 0 Å². The van der Waals surface area contributed by atoms with Crippen LogP contribution in [0.3, 0.4) is 0 Å². The Kier molecular flexibility index (Phi) is 3.88. The Morgan fingerprint density at radius 1 is 1.32 bits per heavy atom. The predicted molar refractivity (Wildman–Crippen MR) is 73.1 cm³/mol. The summed E-state index contributed by atoms with van der Waals surface area (Å²) in [6.07, 6.45) is 2.51. The molecule has 1 heterocycles. The van der Waals surface area contributed by atoms with Gasteiger partial charge in [0.1, 0.15) is 0 Å². The van der Waals surface area contributed by atoms with E-state index in [9.17, 15) is 9.59 Å². The molecule has 1 N–H and O–H groups in total. The molecule has 102 valence electrons. The van der Waals surface area contributed by atoms with Gasteiger partial charge in [-0.1, -0.05) is 30.3 Å². The highest BCUT2D eigenvalue weighted by Crippen LogP contribution is 2.23. The number of amides is 2. The molecule has 4 heteroatoms. The van der Waals surface area contributed by atoms with Crippen LogP contribution in [0.1, 0.15) is 38.7 Å². The first kappa shape index (κ1) is 13.6. The molecule has 0 saturated carbocycles. The minimum Gasteiger partial charge on any atom is -0.273 e. The molecule has 0 bridgehead atoms. The van der Waals surface area contributed by atoms with Gasteiger partial charge in [-0.2, -0.15) is 0 Å². The van der Waals surface area contributed by atoms with Crippen molar-refractivity contribution in [2.24, 2.45) is 0 Å². The number of aryl methyl sites for hydroxylation is 1. The molecule has 1 aliphatic heterocycles. The van der Waals surface area contributed by atoms with E-state index in [1.54, 1.807) is 0 Å². The summed E-state index contributed by atoms with van der Waals surface area (Å²) < 4.78 is 0. The molecule has 0 radical (unpaired) electrons. The standard InChI is InChI=1S/C15H20N2O2/c1-15(2)11-13(18)16-17(15)14(19)10-6-9-12-7-4-3-5-8-12/h3-5,7-8H,6,9-11H2,1-2H3,(H,16,18). The highest BCUT2D eigenvalue weighted by molar-refractivity contribution is 5.87. The topological polar surface area (TPSA) is 49.4 Å². The molecule has 19 heavy (non-hydrogen) atoms. The van der Waals surface area contributed by atoms with Crippen molar-refractivity contribution in [2.75, 3.05) is 0 Å². The van der Waals surface area contributed by atoms with Gasteiger partial charge in [0, 0.05) is 6.42 Å². The molecule has 0 aliphatic carbocycles. The van der Waals surface area contributed by atoms with E-state index in [0.29, 0.717) is 12.8 Å². The largest absolute Gasteiger partial charge is 0.273 e. The number of nitrogens with zero attached hydrogens (tertiary/aromatic N) is 1. The lowest BCUT2D eigenvalue weighted by molar-refractivity contribution is -0.140. The van der Waals surface area contributed by atoms with Crippen LogP contribution in [0.15, 0.2) is 30.3 Å². The van der Waals surface area contributed by atoms with Gasteiger partial charge < -0.3 is 0 Å². The molecule has 0 unspecified atom stereocenters. The van der Waals surface area contributed by atoms with Crippen LogP contribution in [0.25, 0.3) is 0 Å². The normalized spacial score (nSPS) is 17.4. The second-order valence-electron chi connectivity index (χ2n) is 5.59. The Balaban J connectivity index is 1.83. The van der Waals surface area contributed by atoms with E-state index in [4.69, 9.17) is 0 Å². The summed E-state index contributed by atoms with van der Waals surface area (Å²) in [4.78, 5) is 23.5. The maximum Gasteiger partial charge on any atom is 0.241 e. The first-order valence-corrected chi connectivity index (χ1v) is 6.65. The van der Waals surface area contributed by atoms with Crippen molar-refractivity contribution < 1.29 is 9.59 Å². The van der Waals surface area contributed by atoms with Gasteiger partial charge in [-0.3, -0.25) is 15.0 Å². The van der Waals surface area contributed by atoms with Gasteiger partial charge >= 0.3 is 0 Å². The van der Waals surface area contributed by atoms with Crippen LogP contribution in [0.2, 0.25) is 0 Å². The third-order valence-electron chi connectivity index (χ3n) is 3.38. The third-order valence-corrected chi connectivity index (χ3v) is 3.38. The molecule has 1 saturated heterocycles. The van der Waals surface area contributed by atoms with E-state index in [1.807, 2.05) is 32.0 Å². The summed E-state index contributed by atoms with van der Waals surface area (Å²) in [5.74, 6) is -0.0896. The summed E-state index contributed by atoms with van der Waals surface area (Å²) >= 11 is 0. The summed E-state index contributed by atoms with van der Waals surface area (Å²) in [5, 5.41) is 1.49. The summed E-state index contributed by atoms with van der Waals surface area (Å²) in [6.45, 7) is 3.81. The van der Waals surface area contributed by atoms with Crippen LogP contribution in [0.5, 0.6) is 0 Å². The molecule has 1 fully saturated rings. The Morgan fingerprint density at radius 3 is 2.58 bits per heavy atom. The molecule has 0 atom stereocenters. The molecule has 2 rings (SSSR count). The predicted octanol–water partition coefficient (Wildman–Crippen LogP) is 2.05. The fourth-order valence-corrected chi connectivity index (χ4v) is 2.39. The number of hydrazine groups is 1. The van der Waals surface area contributed by atoms with Gasteiger partial charge in [0.2, 0.25) is 11.8 Å². The van der Waals surface area contributed by atoms with Gasteiger partial charge in [0.25, 0.3) is 0 Å². The Labute approximate surface area is 113 Å². The zero-order valence-corrected chi connectivity index (χ0v) is 11.5. The Hall–Kier alpha value is -1.84. The number of carbonyl (C=O) groups excluding carboxylic acids is 2. The molecule has 0 aromatic heterocycles. The van der Waals surface area contributed by atoms with Crippen molar-refractivity contribution in [3.05, 3.63) is 35.9 Å². The number of nitrogens with one attached hydrogen (secondary N) is 1. The molecule has 1 aliphatic rings. The maximum absolute atomic E-state index is 12.1. The third kappa shape index (κ3) is 3.34. The van der Waals surface area contributed by atoms with Crippen molar-refractivity contribution in [3.8, 4) is 0 Å². The lowest BCUT2D eigenvalue weighted by Gasteiger charge is -2.29. The van der Waals surface area contributed by atoms with Crippen molar-refractivity contribution in [2.45, 2.75) is 45.1 Å².